The van der Waals surface area contributed by atoms with E-state index in [1.54, 1.807) is 0 Å². The van der Waals surface area contributed by atoms with Crippen LogP contribution in [0.3, 0.4) is 0 Å². The van der Waals surface area contributed by atoms with E-state index in [2.05, 4.69) is 4.98 Å². The second-order valence-corrected chi connectivity index (χ2v) is 4.35. The highest BCUT2D eigenvalue weighted by molar-refractivity contribution is 5.90. The number of nitrogens with zero attached hydrogens (tertiary/aromatic N) is 1. The van der Waals surface area contributed by atoms with E-state index in [9.17, 15) is 5.11 Å². The van der Waals surface area contributed by atoms with Crippen molar-refractivity contribution in [1.29, 1.82) is 0 Å². The van der Waals surface area contributed by atoms with E-state index < -0.39 is 0 Å². The molecule has 0 aliphatic rings. The number of hydrogen-bond acceptors (Lipinski definition) is 3. The fourth-order valence-corrected chi connectivity index (χ4v) is 2.04. The van der Waals surface area contributed by atoms with Crippen LogP contribution in [0.5, 0.6) is 17.2 Å². The molecule has 0 radical (unpaired) electrons. The molecule has 0 unspecified atom stereocenters. The third-order valence-electron chi connectivity index (χ3n) is 3.02. The lowest BCUT2D eigenvalue weighted by molar-refractivity contribution is 0.474. The van der Waals surface area contributed by atoms with E-state index in [1.165, 1.54) is 6.20 Å². The molecule has 1 aromatic heterocycles. The van der Waals surface area contributed by atoms with Gasteiger partial charge >= 0.3 is 0 Å². The SMILES string of the molecule is Cc1ncc(O)c2cc(Oc3ccccc3)ccc12. The third-order valence-corrected chi connectivity index (χ3v) is 3.02. The average Bonchev–Trinajstić information content (AvgIpc) is 2.44. The van der Waals surface area contributed by atoms with E-state index in [0.29, 0.717) is 5.75 Å². The summed E-state index contributed by atoms with van der Waals surface area (Å²) in [4.78, 5) is 4.13. The number of aromatic hydroxyl groups is 1. The molecule has 2 aromatic carbocycles. The Morgan fingerprint density at radius 3 is 2.53 bits per heavy atom. The Hall–Kier alpha value is -2.55. The van der Waals surface area contributed by atoms with Gasteiger partial charge in [0.25, 0.3) is 0 Å². The molecule has 3 aromatic rings. The van der Waals surface area contributed by atoms with Gasteiger partial charge in [-0.05, 0) is 37.3 Å². The highest BCUT2D eigenvalue weighted by atomic mass is 16.5. The van der Waals surface area contributed by atoms with Gasteiger partial charge in [-0.3, -0.25) is 4.98 Å². The van der Waals surface area contributed by atoms with Crippen molar-refractivity contribution in [3.63, 3.8) is 0 Å². The molecular formula is C16H13NO2. The van der Waals surface area contributed by atoms with Crippen LogP contribution in [-0.2, 0) is 0 Å². The number of ether oxygens (including phenoxy) is 1. The zero-order valence-corrected chi connectivity index (χ0v) is 10.5. The lowest BCUT2D eigenvalue weighted by Gasteiger charge is -2.08. The van der Waals surface area contributed by atoms with Crippen molar-refractivity contribution < 1.29 is 9.84 Å². The van der Waals surface area contributed by atoms with Crippen molar-refractivity contribution in [3.05, 3.63) is 60.4 Å². The molecule has 94 valence electrons. The van der Waals surface area contributed by atoms with Crippen LogP contribution < -0.4 is 4.74 Å². The van der Waals surface area contributed by atoms with Crippen molar-refractivity contribution in [2.24, 2.45) is 0 Å². The van der Waals surface area contributed by atoms with Crippen LogP contribution in [-0.4, -0.2) is 10.1 Å². The molecule has 0 fully saturated rings. The number of hydrogen-bond donors (Lipinski definition) is 1. The van der Waals surface area contributed by atoms with Crippen LogP contribution in [0.15, 0.2) is 54.7 Å². The van der Waals surface area contributed by atoms with Crippen molar-refractivity contribution >= 4 is 10.8 Å². The molecule has 0 amide bonds. The lowest BCUT2D eigenvalue weighted by atomic mass is 10.1. The number of para-hydroxylation sites is 1. The number of aromatic nitrogens is 1. The van der Waals surface area contributed by atoms with E-state index in [-0.39, 0.29) is 5.75 Å². The fourth-order valence-electron chi connectivity index (χ4n) is 2.04. The van der Waals surface area contributed by atoms with E-state index in [4.69, 9.17) is 4.74 Å². The Bertz CT molecular complexity index is 723. The van der Waals surface area contributed by atoms with Gasteiger partial charge in [0, 0.05) is 16.5 Å². The second kappa shape index (κ2) is 4.61. The molecule has 0 aliphatic heterocycles. The number of rotatable bonds is 2. The molecular weight excluding hydrogens is 238 g/mol. The Labute approximate surface area is 111 Å². The molecule has 0 aliphatic carbocycles. The van der Waals surface area contributed by atoms with Crippen LogP contribution >= 0.6 is 0 Å². The predicted molar refractivity (Wildman–Crippen MR) is 74.7 cm³/mol. The smallest absolute Gasteiger partial charge is 0.141 e. The molecule has 19 heavy (non-hydrogen) atoms. The van der Waals surface area contributed by atoms with Crippen molar-refractivity contribution in [1.82, 2.24) is 4.98 Å². The molecule has 1 heterocycles. The van der Waals surface area contributed by atoms with Gasteiger partial charge < -0.3 is 9.84 Å². The summed E-state index contributed by atoms with van der Waals surface area (Å²) in [7, 11) is 0. The van der Waals surface area contributed by atoms with Gasteiger partial charge in [0.1, 0.15) is 17.2 Å². The van der Waals surface area contributed by atoms with Crippen LogP contribution in [0, 0.1) is 6.92 Å². The van der Waals surface area contributed by atoms with E-state index in [0.717, 1.165) is 22.2 Å². The van der Waals surface area contributed by atoms with E-state index >= 15 is 0 Å². The van der Waals surface area contributed by atoms with Crippen molar-refractivity contribution in [2.75, 3.05) is 0 Å². The van der Waals surface area contributed by atoms with Crippen LogP contribution in [0.4, 0.5) is 0 Å². The second-order valence-electron chi connectivity index (χ2n) is 4.35. The van der Waals surface area contributed by atoms with Gasteiger partial charge in [0.05, 0.1) is 6.20 Å². The van der Waals surface area contributed by atoms with E-state index in [1.807, 2.05) is 55.5 Å². The Morgan fingerprint density at radius 2 is 1.74 bits per heavy atom. The summed E-state index contributed by atoms with van der Waals surface area (Å²) >= 11 is 0. The summed E-state index contributed by atoms with van der Waals surface area (Å²) < 4.78 is 5.75. The predicted octanol–water partition coefficient (Wildman–Crippen LogP) is 4.04. The maximum atomic E-state index is 9.87. The zero-order valence-electron chi connectivity index (χ0n) is 10.5. The first-order chi connectivity index (χ1) is 9.24. The van der Waals surface area contributed by atoms with Crippen LogP contribution in [0.25, 0.3) is 10.8 Å². The van der Waals surface area contributed by atoms with Gasteiger partial charge in [-0.25, -0.2) is 0 Å². The third kappa shape index (κ3) is 2.22. The first-order valence-electron chi connectivity index (χ1n) is 6.05. The minimum absolute atomic E-state index is 0.166. The van der Waals surface area contributed by atoms with Gasteiger partial charge in [-0.1, -0.05) is 18.2 Å². The number of pyridine rings is 1. The highest BCUT2D eigenvalue weighted by Crippen LogP contribution is 2.31. The summed E-state index contributed by atoms with van der Waals surface area (Å²) in [5.74, 6) is 1.63. The molecule has 3 rings (SSSR count). The largest absolute Gasteiger partial charge is 0.506 e. The molecule has 3 heteroatoms. The fraction of sp³-hybridized carbons (Fsp3) is 0.0625. The number of aryl methyl sites for hydroxylation is 1. The molecule has 1 N–H and O–H groups in total. The molecule has 0 saturated heterocycles. The minimum atomic E-state index is 0.166. The number of fused-ring (bicyclic) bond motifs is 1. The summed E-state index contributed by atoms with van der Waals surface area (Å²) in [6.07, 6.45) is 1.46. The van der Waals surface area contributed by atoms with Crippen molar-refractivity contribution in [3.8, 4) is 17.2 Å². The van der Waals surface area contributed by atoms with Gasteiger partial charge in [0.15, 0.2) is 0 Å². The topological polar surface area (TPSA) is 42.4 Å². The van der Waals surface area contributed by atoms with Crippen LogP contribution in [0.1, 0.15) is 5.69 Å². The molecule has 0 bridgehead atoms. The quantitative estimate of drug-likeness (QED) is 0.747. The maximum Gasteiger partial charge on any atom is 0.141 e. The zero-order chi connectivity index (χ0) is 13.2. The van der Waals surface area contributed by atoms with Gasteiger partial charge in [0.2, 0.25) is 0 Å². The Balaban J connectivity index is 2.05. The normalized spacial score (nSPS) is 10.6. The van der Waals surface area contributed by atoms with Crippen LogP contribution in [0.2, 0.25) is 0 Å². The molecule has 0 saturated carbocycles. The molecule has 0 atom stereocenters. The highest BCUT2D eigenvalue weighted by Gasteiger charge is 2.06. The number of benzene rings is 2. The monoisotopic (exact) mass is 251 g/mol. The first-order valence-corrected chi connectivity index (χ1v) is 6.05. The summed E-state index contributed by atoms with van der Waals surface area (Å²) in [6, 6.07) is 15.2. The molecule has 3 nitrogen and oxygen atoms in total. The first kappa shape index (κ1) is 11.5. The lowest BCUT2D eigenvalue weighted by Crippen LogP contribution is -1.87. The standard InChI is InChI=1S/C16H13NO2/c1-11-14-8-7-13(9-15(14)16(18)10-17-11)19-12-5-3-2-4-6-12/h2-10,18H,1H3. The van der Waals surface area contributed by atoms with Crippen molar-refractivity contribution in [2.45, 2.75) is 6.92 Å². The summed E-state index contributed by atoms with van der Waals surface area (Å²) in [5.41, 5.74) is 0.888. The maximum absolute atomic E-state index is 9.87. The summed E-state index contributed by atoms with van der Waals surface area (Å²) in [5, 5.41) is 11.5. The molecule has 0 spiro atoms. The Morgan fingerprint density at radius 1 is 0.947 bits per heavy atom. The average molecular weight is 251 g/mol. The van der Waals surface area contributed by atoms with Gasteiger partial charge in [-0.15, -0.1) is 0 Å². The van der Waals surface area contributed by atoms with Gasteiger partial charge in [-0.2, -0.15) is 0 Å². The Kier molecular flexibility index (Phi) is 2.80. The minimum Gasteiger partial charge on any atom is -0.506 e. The summed E-state index contributed by atoms with van der Waals surface area (Å²) in [6.45, 7) is 1.92.